The van der Waals surface area contributed by atoms with Gasteiger partial charge in [-0.25, -0.2) is 0 Å². The van der Waals surface area contributed by atoms with E-state index in [9.17, 15) is 9.59 Å². The average Bonchev–Trinajstić information content (AvgIpc) is 2.54. The van der Waals surface area contributed by atoms with E-state index in [0.717, 1.165) is 16.6 Å². The molecule has 0 bridgehead atoms. The maximum absolute atomic E-state index is 13.0. The maximum Gasteiger partial charge on any atom is 0.222 e. The molecule has 1 N–H and O–H groups in total. The van der Waals surface area contributed by atoms with Crippen molar-refractivity contribution >= 4 is 22.6 Å². The summed E-state index contributed by atoms with van der Waals surface area (Å²) in [7, 11) is 1.85. The van der Waals surface area contributed by atoms with Crippen molar-refractivity contribution < 1.29 is 4.79 Å². The summed E-state index contributed by atoms with van der Waals surface area (Å²) in [6.07, 6.45) is 0. The zero-order valence-electron chi connectivity index (χ0n) is 13.4. The van der Waals surface area contributed by atoms with Gasteiger partial charge in [0.05, 0.1) is 11.1 Å². The number of amides is 1. The Bertz CT molecular complexity index is 954. The first-order valence-corrected chi connectivity index (χ1v) is 7.45. The van der Waals surface area contributed by atoms with Gasteiger partial charge in [-0.15, -0.1) is 0 Å². The van der Waals surface area contributed by atoms with Crippen molar-refractivity contribution in [3.63, 3.8) is 0 Å². The van der Waals surface area contributed by atoms with Gasteiger partial charge in [-0.2, -0.15) is 0 Å². The molecular weight excluding hydrogens is 288 g/mol. The Labute approximate surface area is 134 Å². The van der Waals surface area contributed by atoms with E-state index in [4.69, 9.17) is 0 Å². The number of aryl methyl sites for hydroxylation is 2. The maximum atomic E-state index is 13.0. The van der Waals surface area contributed by atoms with Gasteiger partial charge in [0, 0.05) is 19.4 Å². The SMILES string of the molecule is CC(=O)Nc1c(-c2ccc(C)cc2)c(=O)c2ccccc2n1C. The molecule has 2 aromatic carbocycles. The van der Waals surface area contributed by atoms with E-state index < -0.39 is 0 Å². The molecule has 1 aromatic heterocycles. The van der Waals surface area contributed by atoms with E-state index in [-0.39, 0.29) is 11.3 Å². The van der Waals surface area contributed by atoms with Crippen LogP contribution in [0.2, 0.25) is 0 Å². The Balaban J connectivity index is 2.42. The zero-order chi connectivity index (χ0) is 16.6. The molecule has 1 amide bonds. The van der Waals surface area contributed by atoms with Crippen molar-refractivity contribution in [1.82, 2.24) is 4.57 Å². The van der Waals surface area contributed by atoms with Gasteiger partial charge in [0.25, 0.3) is 0 Å². The summed E-state index contributed by atoms with van der Waals surface area (Å²) in [5.74, 6) is 0.314. The van der Waals surface area contributed by atoms with Crippen LogP contribution in [0.3, 0.4) is 0 Å². The van der Waals surface area contributed by atoms with Crippen molar-refractivity contribution in [3.8, 4) is 11.1 Å². The molecule has 0 fully saturated rings. The summed E-state index contributed by atoms with van der Waals surface area (Å²) in [6, 6.07) is 15.2. The molecule has 0 unspecified atom stereocenters. The number of hydrogen-bond acceptors (Lipinski definition) is 2. The van der Waals surface area contributed by atoms with Crippen molar-refractivity contribution in [2.75, 3.05) is 5.32 Å². The van der Waals surface area contributed by atoms with Crippen molar-refractivity contribution in [2.24, 2.45) is 7.05 Å². The topological polar surface area (TPSA) is 51.1 Å². The van der Waals surface area contributed by atoms with Gasteiger partial charge in [0.1, 0.15) is 5.82 Å². The molecule has 4 nitrogen and oxygen atoms in total. The van der Waals surface area contributed by atoms with Crippen molar-refractivity contribution in [1.29, 1.82) is 0 Å². The third-order valence-electron chi connectivity index (χ3n) is 3.94. The van der Waals surface area contributed by atoms with Crippen LogP contribution in [0, 0.1) is 6.92 Å². The summed E-state index contributed by atoms with van der Waals surface area (Å²) >= 11 is 0. The fourth-order valence-electron chi connectivity index (χ4n) is 2.79. The number of nitrogens with zero attached hydrogens (tertiary/aromatic N) is 1. The lowest BCUT2D eigenvalue weighted by atomic mass is 10.0. The third-order valence-corrected chi connectivity index (χ3v) is 3.94. The van der Waals surface area contributed by atoms with Crippen LogP contribution in [0.15, 0.2) is 53.3 Å². The highest BCUT2D eigenvalue weighted by atomic mass is 16.1. The summed E-state index contributed by atoms with van der Waals surface area (Å²) < 4.78 is 1.85. The van der Waals surface area contributed by atoms with Gasteiger partial charge in [-0.05, 0) is 24.6 Å². The van der Waals surface area contributed by atoms with Crippen molar-refractivity contribution in [3.05, 3.63) is 64.3 Å². The highest BCUT2D eigenvalue weighted by Crippen LogP contribution is 2.28. The predicted octanol–water partition coefficient (Wildman–Crippen LogP) is 3.47. The Morgan fingerprint density at radius 3 is 2.35 bits per heavy atom. The minimum atomic E-state index is -0.205. The Morgan fingerprint density at radius 1 is 1.04 bits per heavy atom. The molecule has 0 saturated heterocycles. The number of anilines is 1. The molecule has 1 heterocycles. The predicted molar refractivity (Wildman–Crippen MR) is 93.7 cm³/mol. The van der Waals surface area contributed by atoms with Crippen LogP contribution in [0.5, 0.6) is 0 Å². The van der Waals surface area contributed by atoms with Gasteiger partial charge in [-0.1, -0.05) is 42.0 Å². The quantitative estimate of drug-likeness (QED) is 0.788. The highest BCUT2D eigenvalue weighted by molar-refractivity contribution is 5.97. The van der Waals surface area contributed by atoms with E-state index in [2.05, 4.69) is 5.32 Å². The molecule has 23 heavy (non-hydrogen) atoms. The zero-order valence-corrected chi connectivity index (χ0v) is 13.4. The van der Waals surface area contributed by atoms with Gasteiger partial charge in [0.15, 0.2) is 5.43 Å². The fourth-order valence-corrected chi connectivity index (χ4v) is 2.79. The number of fused-ring (bicyclic) bond motifs is 1. The second kappa shape index (κ2) is 5.72. The first kappa shape index (κ1) is 15.0. The third kappa shape index (κ3) is 2.63. The van der Waals surface area contributed by atoms with Crippen LogP contribution < -0.4 is 10.7 Å². The summed E-state index contributed by atoms with van der Waals surface area (Å²) in [4.78, 5) is 24.6. The number of para-hydroxylation sites is 1. The van der Waals surface area contributed by atoms with Crippen LogP contribution in [0.25, 0.3) is 22.0 Å². The molecule has 3 rings (SSSR count). The number of pyridine rings is 1. The fraction of sp³-hybridized carbons (Fsp3) is 0.158. The molecule has 4 heteroatoms. The van der Waals surface area contributed by atoms with Gasteiger partial charge in [-0.3, -0.25) is 9.59 Å². The van der Waals surface area contributed by atoms with Gasteiger partial charge < -0.3 is 9.88 Å². The van der Waals surface area contributed by atoms with Crippen LogP contribution in [0.1, 0.15) is 12.5 Å². The van der Waals surface area contributed by atoms with Crippen molar-refractivity contribution in [2.45, 2.75) is 13.8 Å². The number of hydrogen-bond donors (Lipinski definition) is 1. The lowest BCUT2D eigenvalue weighted by molar-refractivity contribution is -0.114. The monoisotopic (exact) mass is 306 g/mol. The van der Waals surface area contributed by atoms with E-state index >= 15 is 0 Å². The van der Waals surface area contributed by atoms with Crippen LogP contribution in [0.4, 0.5) is 5.82 Å². The van der Waals surface area contributed by atoms with Crippen LogP contribution in [-0.2, 0) is 11.8 Å². The number of carbonyl (C=O) groups is 1. The highest BCUT2D eigenvalue weighted by Gasteiger charge is 2.17. The number of carbonyl (C=O) groups excluding carboxylic acids is 1. The number of benzene rings is 2. The standard InChI is InChI=1S/C19H18N2O2/c1-12-8-10-14(11-9-12)17-18(23)15-6-4-5-7-16(15)21(3)19(17)20-13(2)22/h4-11H,1-3H3,(H,20,22). The van der Waals surface area contributed by atoms with E-state index in [1.807, 2.05) is 67.1 Å². The Kier molecular flexibility index (Phi) is 3.74. The van der Waals surface area contributed by atoms with Gasteiger partial charge >= 0.3 is 0 Å². The lowest BCUT2D eigenvalue weighted by Crippen LogP contribution is -2.19. The summed E-state index contributed by atoms with van der Waals surface area (Å²) in [5, 5.41) is 3.45. The first-order chi connectivity index (χ1) is 11.0. The minimum Gasteiger partial charge on any atom is -0.330 e. The molecule has 0 saturated carbocycles. The number of nitrogens with one attached hydrogen (secondary N) is 1. The molecule has 0 radical (unpaired) electrons. The molecule has 0 aliphatic rings. The number of rotatable bonds is 2. The van der Waals surface area contributed by atoms with Crippen LogP contribution >= 0.6 is 0 Å². The van der Waals surface area contributed by atoms with E-state index in [1.54, 1.807) is 0 Å². The molecule has 0 spiro atoms. The first-order valence-electron chi connectivity index (χ1n) is 7.45. The van der Waals surface area contributed by atoms with Crippen LogP contribution in [-0.4, -0.2) is 10.5 Å². The Hall–Kier alpha value is -2.88. The van der Waals surface area contributed by atoms with E-state index in [0.29, 0.717) is 16.8 Å². The molecule has 116 valence electrons. The average molecular weight is 306 g/mol. The normalized spacial score (nSPS) is 10.7. The lowest BCUT2D eigenvalue weighted by Gasteiger charge is -2.17. The minimum absolute atomic E-state index is 0.0775. The summed E-state index contributed by atoms with van der Waals surface area (Å²) in [6.45, 7) is 3.44. The number of aromatic nitrogens is 1. The van der Waals surface area contributed by atoms with Gasteiger partial charge in [0.2, 0.25) is 5.91 Å². The van der Waals surface area contributed by atoms with E-state index in [1.165, 1.54) is 6.92 Å². The molecular formula is C19H18N2O2. The largest absolute Gasteiger partial charge is 0.330 e. The molecule has 3 aromatic rings. The molecule has 0 atom stereocenters. The Morgan fingerprint density at radius 2 is 1.70 bits per heavy atom. The second-order valence-corrected chi connectivity index (χ2v) is 5.68. The molecule has 0 aliphatic carbocycles. The molecule has 0 aliphatic heterocycles. The smallest absolute Gasteiger partial charge is 0.222 e. The summed E-state index contributed by atoms with van der Waals surface area (Å²) in [5.41, 5.74) is 3.14. The second-order valence-electron chi connectivity index (χ2n) is 5.68.